The van der Waals surface area contributed by atoms with Gasteiger partial charge in [-0.25, -0.2) is 0 Å². The normalized spacial score (nSPS) is 21.5. The minimum absolute atomic E-state index is 0.0125. The first kappa shape index (κ1) is 20.5. The molecule has 2 aliphatic rings. The van der Waals surface area contributed by atoms with Gasteiger partial charge in [0.15, 0.2) is 11.5 Å². The smallest absolute Gasteiger partial charge is 0.254 e. The maximum Gasteiger partial charge on any atom is 0.254 e. The fraction of sp³-hybridized carbons (Fsp3) is 0.619. The summed E-state index contributed by atoms with van der Waals surface area (Å²) in [5.74, 6) is 1.35. The van der Waals surface area contributed by atoms with Gasteiger partial charge in [0.2, 0.25) is 5.91 Å². The molecule has 1 aromatic carbocycles. The topological polar surface area (TPSA) is 62.3 Å². The number of nitrogens with zero attached hydrogens (tertiary/aromatic N) is 3. The number of ether oxygens (including phenoxy) is 2. The zero-order chi connectivity index (χ0) is 20.3. The summed E-state index contributed by atoms with van der Waals surface area (Å²) in [5.41, 5.74) is 0.619. The molecule has 0 spiro atoms. The Morgan fingerprint density at radius 3 is 2.36 bits per heavy atom. The highest BCUT2D eigenvalue weighted by atomic mass is 16.5. The number of piperazine rings is 1. The zero-order valence-electron chi connectivity index (χ0n) is 17.3. The van der Waals surface area contributed by atoms with Crippen LogP contribution < -0.4 is 9.47 Å². The van der Waals surface area contributed by atoms with Crippen LogP contribution in [-0.2, 0) is 4.79 Å². The molecule has 2 fully saturated rings. The van der Waals surface area contributed by atoms with E-state index in [9.17, 15) is 9.59 Å². The van der Waals surface area contributed by atoms with Gasteiger partial charge in [0.25, 0.3) is 5.91 Å². The number of rotatable bonds is 4. The lowest BCUT2D eigenvalue weighted by Crippen LogP contribution is -2.52. The van der Waals surface area contributed by atoms with Crippen LogP contribution in [0.1, 0.15) is 37.0 Å². The van der Waals surface area contributed by atoms with E-state index in [0.717, 1.165) is 32.5 Å². The Morgan fingerprint density at radius 2 is 1.75 bits per heavy atom. The van der Waals surface area contributed by atoms with Crippen molar-refractivity contribution in [1.29, 1.82) is 0 Å². The van der Waals surface area contributed by atoms with E-state index in [1.165, 1.54) is 0 Å². The van der Waals surface area contributed by atoms with E-state index < -0.39 is 0 Å². The van der Waals surface area contributed by atoms with Crippen molar-refractivity contribution in [3.05, 3.63) is 23.8 Å². The van der Waals surface area contributed by atoms with Gasteiger partial charge in [0.05, 0.1) is 7.11 Å². The van der Waals surface area contributed by atoms with Gasteiger partial charge in [0.1, 0.15) is 6.10 Å². The molecule has 0 saturated carbocycles. The maximum atomic E-state index is 13.0. The lowest BCUT2D eigenvalue weighted by molar-refractivity contribution is -0.130. The highest BCUT2D eigenvalue weighted by Crippen LogP contribution is 2.31. The SMILES string of the molecule is COc1ccc(C(=O)N2CCN(C)[C@H](C)C2)cc1OC1CCN(C(C)=O)CC1. The van der Waals surface area contributed by atoms with Crippen molar-refractivity contribution < 1.29 is 19.1 Å². The quantitative estimate of drug-likeness (QED) is 0.787. The largest absolute Gasteiger partial charge is 0.493 e. The molecule has 1 atom stereocenters. The average Bonchev–Trinajstić information content (AvgIpc) is 2.70. The Balaban J connectivity index is 1.70. The van der Waals surface area contributed by atoms with Crippen molar-refractivity contribution in [2.45, 2.75) is 38.8 Å². The molecular formula is C21H31N3O4. The molecule has 2 saturated heterocycles. The van der Waals surface area contributed by atoms with Crippen LogP contribution in [0.15, 0.2) is 18.2 Å². The van der Waals surface area contributed by atoms with Gasteiger partial charge < -0.3 is 24.2 Å². The summed E-state index contributed by atoms with van der Waals surface area (Å²) in [6, 6.07) is 5.74. The number of amides is 2. The number of benzene rings is 1. The number of hydrogen-bond acceptors (Lipinski definition) is 5. The average molecular weight is 389 g/mol. The van der Waals surface area contributed by atoms with Gasteiger partial charge in [-0.15, -0.1) is 0 Å². The van der Waals surface area contributed by atoms with E-state index in [-0.39, 0.29) is 17.9 Å². The first-order chi connectivity index (χ1) is 13.4. The van der Waals surface area contributed by atoms with Gasteiger partial charge in [-0.05, 0) is 32.2 Å². The van der Waals surface area contributed by atoms with E-state index in [4.69, 9.17) is 9.47 Å². The van der Waals surface area contributed by atoms with Gasteiger partial charge in [-0.2, -0.15) is 0 Å². The highest BCUT2D eigenvalue weighted by molar-refractivity contribution is 5.95. The molecule has 0 bridgehead atoms. The third-order valence-corrected chi connectivity index (χ3v) is 5.84. The highest BCUT2D eigenvalue weighted by Gasteiger charge is 2.27. The lowest BCUT2D eigenvalue weighted by atomic mass is 10.1. The molecule has 28 heavy (non-hydrogen) atoms. The van der Waals surface area contributed by atoms with Crippen molar-refractivity contribution in [3.8, 4) is 11.5 Å². The Bertz CT molecular complexity index is 716. The second-order valence-electron chi connectivity index (χ2n) is 7.77. The molecule has 154 valence electrons. The molecule has 0 radical (unpaired) electrons. The van der Waals surface area contributed by atoms with E-state index in [1.54, 1.807) is 32.2 Å². The molecule has 1 aromatic rings. The molecular weight excluding hydrogens is 358 g/mol. The maximum absolute atomic E-state index is 13.0. The lowest BCUT2D eigenvalue weighted by Gasteiger charge is -2.37. The van der Waals surface area contributed by atoms with Crippen molar-refractivity contribution in [3.63, 3.8) is 0 Å². The number of hydrogen-bond donors (Lipinski definition) is 0. The van der Waals surface area contributed by atoms with Crippen LogP contribution in [0.3, 0.4) is 0 Å². The van der Waals surface area contributed by atoms with Crippen molar-refractivity contribution in [2.24, 2.45) is 0 Å². The molecule has 2 aliphatic heterocycles. The van der Waals surface area contributed by atoms with Crippen LogP contribution in [0.25, 0.3) is 0 Å². The van der Waals surface area contributed by atoms with Gasteiger partial charge in [-0.1, -0.05) is 0 Å². The number of carbonyl (C=O) groups excluding carboxylic acids is 2. The van der Waals surface area contributed by atoms with Crippen molar-refractivity contribution in [2.75, 3.05) is 46.9 Å². The Morgan fingerprint density at radius 1 is 1.04 bits per heavy atom. The third-order valence-electron chi connectivity index (χ3n) is 5.84. The molecule has 2 amide bonds. The summed E-state index contributed by atoms with van der Waals surface area (Å²) in [4.78, 5) is 30.5. The Labute approximate surface area is 167 Å². The Hall–Kier alpha value is -2.28. The zero-order valence-corrected chi connectivity index (χ0v) is 17.3. The molecule has 0 aliphatic carbocycles. The van der Waals surface area contributed by atoms with Crippen LogP contribution in [-0.4, -0.2) is 85.5 Å². The summed E-state index contributed by atoms with van der Waals surface area (Å²) in [6.45, 7) is 7.45. The predicted octanol–water partition coefficient (Wildman–Crippen LogP) is 1.86. The van der Waals surface area contributed by atoms with Crippen LogP contribution in [0.4, 0.5) is 0 Å². The van der Waals surface area contributed by atoms with Gasteiger partial charge in [0, 0.05) is 64.1 Å². The van der Waals surface area contributed by atoms with Crippen LogP contribution in [0, 0.1) is 0 Å². The summed E-state index contributed by atoms with van der Waals surface area (Å²) in [7, 11) is 3.69. The van der Waals surface area contributed by atoms with Crippen LogP contribution >= 0.6 is 0 Å². The number of methoxy groups -OCH3 is 1. The summed E-state index contributed by atoms with van der Waals surface area (Å²) in [5, 5.41) is 0. The van der Waals surface area contributed by atoms with Crippen LogP contribution in [0.5, 0.6) is 11.5 Å². The number of likely N-dealkylation sites (tertiary alicyclic amines) is 1. The third kappa shape index (κ3) is 4.58. The van der Waals surface area contributed by atoms with Gasteiger partial charge >= 0.3 is 0 Å². The minimum atomic E-state index is 0.0125. The summed E-state index contributed by atoms with van der Waals surface area (Å²) in [6.07, 6.45) is 1.56. The molecule has 7 nitrogen and oxygen atoms in total. The summed E-state index contributed by atoms with van der Waals surface area (Å²) < 4.78 is 11.6. The van der Waals surface area contributed by atoms with Crippen molar-refractivity contribution >= 4 is 11.8 Å². The second kappa shape index (κ2) is 8.82. The van der Waals surface area contributed by atoms with Crippen LogP contribution in [0.2, 0.25) is 0 Å². The number of carbonyl (C=O) groups is 2. The fourth-order valence-electron chi connectivity index (χ4n) is 3.79. The standard InChI is InChI=1S/C21H31N3O4/c1-15-14-24(12-11-22(15)3)21(26)17-5-6-19(27-4)20(13-17)28-18-7-9-23(10-8-18)16(2)25/h5-6,13,15,18H,7-12,14H2,1-4H3/t15-/m1/s1. The molecule has 0 aromatic heterocycles. The fourth-order valence-corrected chi connectivity index (χ4v) is 3.79. The summed E-state index contributed by atoms with van der Waals surface area (Å²) >= 11 is 0. The monoisotopic (exact) mass is 389 g/mol. The molecule has 2 heterocycles. The predicted molar refractivity (Wildman–Crippen MR) is 107 cm³/mol. The first-order valence-corrected chi connectivity index (χ1v) is 9.98. The van der Waals surface area contributed by atoms with Gasteiger partial charge in [-0.3, -0.25) is 9.59 Å². The van der Waals surface area contributed by atoms with E-state index >= 15 is 0 Å². The molecule has 3 rings (SSSR count). The Kier molecular flexibility index (Phi) is 6.44. The first-order valence-electron chi connectivity index (χ1n) is 9.98. The molecule has 7 heteroatoms. The number of likely N-dealkylation sites (N-methyl/N-ethyl adjacent to an activating group) is 1. The second-order valence-corrected chi connectivity index (χ2v) is 7.77. The van der Waals surface area contributed by atoms with E-state index in [2.05, 4.69) is 18.9 Å². The molecule has 0 unspecified atom stereocenters. The minimum Gasteiger partial charge on any atom is -0.493 e. The van der Waals surface area contributed by atoms with E-state index in [1.807, 2.05) is 9.80 Å². The molecule has 0 N–H and O–H groups in total. The van der Waals surface area contributed by atoms with Crippen molar-refractivity contribution in [1.82, 2.24) is 14.7 Å². The van der Waals surface area contributed by atoms with E-state index in [0.29, 0.717) is 36.2 Å². The number of piperidine rings is 1.